The predicted octanol–water partition coefficient (Wildman–Crippen LogP) is 3.72. The van der Waals surface area contributed by atoms with Crippen LogP contribution in [0.2, 0.25) is 0 Å². The van der Waals surface area contributed by atoms with E-state index in [-0.39, 0.29) is 16.9 Å². The molecule has 0 N–H and O–H groups in total. The third kappa shape index (κ3) is 3.38. The van der Waals surface area contributed by atoms with Gasteiger partial charge in [-0.2, -0.15) is 0 Å². The molecule has 0 aliphatic heterocycles. The van der Waals surface area contributed by atoms with Crippen molar-refractivity contribution in [2.45, 2.75) is 13.8 Å². The first kappa shape index (κ1) is 19.3. The molecule has 0 amide bonds. The van der Waals surface area contributed by atoms with Crippen molar-refractivity contribution in [3.63, 3.8) is 0 Å². The Morgan fingerprint density at radius 1 is 0.893 bits per heavy atom. The van der Waals surface area contributed by atoms with Gasteiger partial charge >= 0.3 is 5.97 Å². The molecule has 0 bridgehead atoms. The Balaban J connectivity index is 2.26. The molecule has 7 nitrogen and oxygen atoms in total. The van der Waals surface area contributed by atoms with Gasteiger partial charge in [-0.15, -0.1) is 0 Å². The van der Waals surface area contributed by atoms with E-state index < -0.39 is 5.97 Å². The number of aryl methyl sites for hydroxylation is 1. The maximum absolute atomic E-state index is 13.2. The van der Waals surface area contributed by atoms with Crippen LogP contribution in [0.1, 0.15) is 12.7 Å². The molecule has 1 heterocycles. The summed E-state index contributed by atoms with van der Waals surface area (Å²) in [6.45, 7) is 2.98. The van der Waals surface area contributed by atoms with Gasteiger partial charge in [0.1, 0.15) is 11.3 Å². The fourth-order valence-corrected chi connectivity index (χ4v) is 3.03. The van der Waals surface area contributed by atoms with E-state index in [1.54, 1.807) is 32.2 Å². The maximum atomic E-state index is 13.2. The van der Waals surface area contributed by atoms with Crippen molar-refractivity contribution in [2.75, 3.05) is 21.3 Å². The molecule has 3 rings (SSSR count). The predicted molar refractivity (Wildman–Crippen MR) is 104 cm³/mol. The van der Waals surface area contributed by atoms with Gasteiger partial charge in [0.25, 0.3) is 0 Å². The zero-order valence-corrected chi connectivity index (χ0v) is 16.2. The van der Waals surface area contributed by atoms with Crippen LogP contribution >= 0.6 is 0 Å². The van der Waals surface area contributed by atoms with Crippen LogP contribution in [0.15, 0.2) is 39.5 Å². The van der Waals surface area contributed by atoms with Crippen LogP contribution in [0.25, 0.3) is 22.1 Å². The summed E-state index contributed by atoms with van der Waals surface area (Å²) in [5.74, 6) is 1.42. The Morgan fingerprint density at radius 2 is 1.54 bits per heavy atom. The summed E-state index contributed by atoms with van der Waals surface area (Å²) in [4.78, 5) is 24.5. The normalized spacial score (nSPS) is 10.6. The average molecular weight is 384 g/mol. The second-order valence-corrected chi connectivity index (χ2v) is 6.03. The minimum atomic E-state index is -0.501. The smallest absolute Gasteiger partial charge is 0.308 e. The third-order valence-corrected chi connectivity index (χ3v) is 4.28. The third-order valence-electron chi connectivity index (χ3n) is 4.28. The Morgan fingerprint density at radius 3 is 2.14 bits per heavy atom. The van der Waals surface area contributed by atoms with Gasteiger partial charge in [-0.1, -0.05) is 6.07 Å². The summed E-state index contributed by atoms with van der Waals surface area (Å²) in [5.41, 5.74) is 1.09. The number of fused-ring (bicyclic) bond motifs is 1. The van der Waals surface area contributed by atoms with E-state index in [1.807, 2.05) is 0 Å². The summed E-state index contributed by atoms with van der Waals surface area (Å²) >= 11 is 0. The van der Waals surface area contributed by atoms with Crippen LogP contribution in [0.5, 0.6) is 23.0 Å². The summed E-state index contributed by atoms with van der Waals surface area (Å²) in [5, 5.41) is 0.308. The van der Waals surface area contributed by atoms with Crippen LogP contribution in [0, 0.1) is 6.92 Å². The zero-order valence-electron chi connectivity index (χ0n) is 16.2. The zero-order chi connectivity index (χ0) is 20.4. The Bertz CT molecular complexity index is 1110. The molecular formula is C21H20O7. The molecule has 2 aromatic carbocycles. The number of rotatable bonds is 5. The molecular weight excluding hydrogens is 364 g/mol. The van der Waals surface area contributed by atoms with Crippen LogP contribution in [0.4, 0.5) is 0 Å². The number of hydrogen-bond donors (Lipinski definition) is 0. The molecule has 7 heteroatoms. The first-order valence-corrected chi connectivity index (χ1v) is 8.45. The first-order valence-electron chi connectivity index (χ1n) is 8.45. The van der Waals surface area contributed by atoms with Gasteiger partial charge < -0.3 is 23.4 Å². The number of methoxy groups -OCH3 is 3. The quantitative estimate of drug-likeness (QED) is 0.490. The summed E-state index contributed by atoms with van der Waals surface area (Å²) < 4.78 is 26.8. The number of carbonyl (C=O) groups is 1. The Labute approximate surface area is 161 Å². The number of carbonyl (C=O) groups excluding carboxylic acids is 1. The van der Waals surface area contributed by atoms with Gasteiger partial charge in [0.15, 0.2) is 23.0 Å². The van der Waals surface area contributed by atoms with Gasteiger partial charge in [-0.05, 0) is 30.7 Å². The Kier molecular flexibility index (Phi) is 5.26. The van der Waals surface area contributed by atoms with Gasteiger partial charge in [0.05, 0.1) is 32.3 Å². The standard InChI is InChI=1S/C21H20O7/c1-11-20(13-6-7-15(24-3)17(8-13)25-4)21(23)14-9-18(26-5)19(28-12(2)22)10-16(14)27-11/h6-10H,1-5H3. The number of ether oxygens (including phenoxy) is 4. The first-order chi connectivity index (χ1) is 13.4. The van der Waals surface area contributed by atoms with Gasteiger partial charge in [0.2, 0.25) is 5.43 Å². The maximum Gasteiger partial charge on any atom is 0.308 e. The second kappa shape index (κ2) is 7.64. The van der Waals surface area contributed by atoms with E-state index in [0.29, 0.717) is 39.4 Å². The molecule has 0 atom stereocenters. The molecule has 0 saturated carbocycles. The highest BCUT2D eigenvalue weighted by Gasteiger charge is 2.19. The number of hydrogen-bond acceptors (Lipinski definition) is 7. The average Bonchev–Trinajstić information content (AvgIpc) is 2.67. The highest BCUT2D eigenvalue weighted by Crippen LogP contribution is 2.36. The second-order valence-electron chi connectivity index (χ2n) is 6.03. The van der Waals surface area contributed by atoms with Gasteiger partial charge in [-0.25, -0.2) is 0 Å². The summed E-state index contributed by atoms with van der Waals surface area (Å²) in [6.07, 6.45) is 0. The molecule has 3 aromatic rings. The van der Waals surface area contributed by atoms with Crippen molar-refractivity contribution < 1.29 is 28.2 Å². The van der Waals surface area contributed by atoms with E-state index >= 15 is 0 Å². The highest BCUT2D eigenvalue weighted by molar-refractivity contribution is 5.87. The fraction of sp³-hybridized carbons (Fsp3) is 0.238. The van der Waals surface area contributed by atoms with E-state index in [2.05, 4.69) is 0 Å². The summed E-state index contributed by atoms with van der Waals surface area (Å²) in [6, 6.07) is 8.18. The van der Waals surface area contributed by atoms with Gasteiger partial charge in [-0.3, -0.25) is 9.59 Å². The van der Waals surface area contributed by atoms with Crippen molar-refractivity contribution in [3.8, 4) is 34.1 Å². The van der Waals surface area contributed by atoms with E-state index in [1.165, 1.54) is 33.3 Å². The SMILES string of the molecule is COc1ccc(-c2c(C)oc3cc(OC(C)=O)c(OC)cc3c2=O)cc1OC. The molecule has 28 heavy (non-hydrogen) atoms. The molecule has 0 aliphatic carbocycles. The highest BCUT2D eigenvalue weighted by atomic mass is 16.6. The van der Waals surface area contributed by atoms with E-state index in [0.717, 1.165) is 0 Å². The van der Waals surface area contributed by atoms with E-state index in [9.17, 15) is 9.59 Å². The van der Waals surface area contributed by atoms with Crippen molar-refractivity contribution in [1.82, 2.24) is 0 Å². The monoisotopic (exact) mass is 384 g/mol. The van der Waals surface area contributed by atoms with E-state index in [4.69, 9.17) is 23.4 Å². The number of benzene rings is 2. The molecule has 1 aromatic heterocycles. The summed E-state index contributed by atoms with van der Waals surface area (Å²) in [7, 11) is 4.50. The number of esters is 1. The Hall–Kier alpha value is -3.48. The lowest BCUT2D eigenvalue weighted by atomic mass is 10.0. The molecule has 0 radical (unpaired) electrons. The molecule has 146 valence electrons. The fourth-order valence-electron chi connectivity index (χ4n) is 3.03. The van der Waals surface area contributed by atoms with Crippen LogP contribution in [-0.4, -0.2) is 27.3 Å². The lowest BCUT2D eigenvalue weighted by Gasteiger charge is -2.13. The topological polar surface area (TPSA) is 84.2 Å². The largest absolute Gasteiger partial charge is 0.493 e. The lowest BCUT2D eigenvalue weighted by Crippen LogP contribution is -2.09. The van der Waals surface area contributed by atoms with Crippen molar-refractivity contribution >= 4 is 16.9 Å². The molecule has 0 spiro atoms. The van der Waals surface area contributed by atoms with Crippen molar-refractivity contribution in [2.24, 2.45) is 0 Å². The molecule has 0 fully saturated rings. The molecule has 0 unspecified atom stereocenters. The van der Waals surface area contributed by atoms with Crippen LogP contribution < -0.4 is 24.4 Å². The van der Waals surface area contributed by atoms with Crippen LogP contribution in [-0.2, 0) is 4.79 Å². The van der Waals surface area contributed by atoms with Crippen molar-refractivity contribution in [3.05, 3.63) is 46.3 Å². The lowest BCUT2D eigenvalue weighted by molar-refractivity contribution is -0.132. The minimum Gasteiger partial charge on any atom is -0.493 e. The minimum absolute atomic E-state index is 0.184. The molecule has 0 aliphatic rings. The molecule has 0 saturated heterocycles. The van der Waals surface area contributed by atoms with Crippen LogP contribution in [0.3, 0.4) is 0 Å². The van der Waals surface area contributed by atoms with Crippen molar-refractivity contribution in [1.29, 1.82) is 0 Å². The van der Waals surface area contributed by atoms with Gasteiger partial charge in [0, 0.05) is 13.0 Å².